The van der Waals surface area contributed by atoms with E-state index in [0.29, 0.717) is 23.6 Å². The third kappa shape index (κ3) is 4.79. The SMILES string of the molecule is CCCC(NC(=O)Nc1ccc(C)cc1Cl)C(=O)O. The van der Waals surface area contributed by atoms with Crippen molar-refractivity contribution in [2.45, 2.75) is 32.7 Å². The van der Waals surface area contributed by atoms with Crippen LogP contribution in [-0.2, 0) is 4.79 Å². The second-order valence-electron chi connectivity index (χ2n) is 4.26. The van der Waals surface area contributed by atoms with Crippen molar-refractivity contribution in [2.24, 2.45) is 0 Å². The fourth-order valence-corrected chi connectivity index (χ4v) is 1.87. The third-order valence-electron chi connectivity index (χ3n) is 2.55. The third-order valence-corrected chi connectivity index (χ3v) is 2.87. The molecule has 0 bridgehead atoms. The standard InChI is InChI=1S/C13H17ClN2O3/c1-3-4-11(12(17)18)16-13(19)15-10-6-5-8(2)7-9(10)14/h5-7,11H,3-4H2,1-2H3,(H,17,18)(H2,15,16,19). The number of anilines is 1. The average molecular weight is 285 g/mol. The molecule has 0 aliphatic rings. The van der Waals surface area contributed by atoms with Gasteiger partial charge in [0.1, 0.15) is 6.04 Å². The van der Waals surface area contributed by atoms with Crippen molar-refractivity contribution in [1.82, 2.24) is 5.32 Å². The van der Waals surface area contributed by atoms with Crippen LogP contribution >= 0.6 is 11.6 Å². The van der Waals surface area contributed by atoms with Crippen LogP contribution in [0, 0.1) is 6.92 Å². The molecule has 0 radical (unpaired) electrons. The van der Waals surface area contributed by atoms with Gasteiger partial charge < -0.3 is 15.7 Å². The summed E-state index contributed by atoms with van der Waals surface area (Å²) >= 11 is 5.98. The van der Waals surface area contributed by atoms with E-state index in [1.807, 2.05) is 19.9 Å². The lowest BCUT2D eigenvalue weighted by Gasteiger charge is -2.15. The zero-order valence-electron chi connectivity index (χ0n) is 10.9. The number of benzene rings is 1. The number of urea groups is 1. The lowest BCUT2D eigenvalue weighted by molar-refractivity contribution is -0.139. The Morgan fingerprint density at radius 2 is 2.11 bits per heavy atom. The van der Waals surface area contributed by atoms with E-state index in [9.17, 15) is 9.59 Å². The summed E-state index contributed by atoms with van der Waals surface area (Å²) in [7, 11) is 0. The van der Waals surface area contributed by atoms with E-state index in [-0.39, 0.29) is 0 Å². The maximum Gasteiger partial charge on any atom is 0.326 e. The Morgan fingerprint density at radius 3 is 2.63 bits per heavy atom. The van der Waals surface area contributed by atoms with Crippen LogP contribution in [0.25, 0.3) is 0 Å². The molecule has 0 aliphatic heterocycles. The summed E-state index contributed by atoms with van der Waals surface area (Å²) in [6.45, 7) is 3.74. The largest absolute Gasteiger partial charge is 0.480 e. The maximum atomic E-state index is 11.7. The fraction of sp³-hybridized carbons (Fsp3) is 0.385. The van der Waals surface area contributed by atoms with Crippen molar-refractivity contribution in [2.75, 3.05) is 5.32 Å². The molecule has 1 aromatic carbocycles. The Hall–Kier alpha value is -1.75. The lowest BCUT2D eigenvalue weighted by atomic mass is 10.2. The quantitative estimate of drug-likeness (QED) is 0.777. The summed E-state index contributed by atoms with van der Waals surface area (Å²) in [5.74, 6) is -1.05. The van der Waals surface area contributed by atoms with Crippen LogP contribution in [0.1, 0.15) is 25.3 Å². The number of aliphatic carboxylic acids is 1. The van der Waals surface area contributed by atoms with Gasteiger partial charge in [0.15, 0.2) is 0 Å². The number of rotatable bonds is 5. The van der Waals surface area contributed by atoms with Crippen LogP contribution in [0.15, 0.2) is 18.2 Å². The van der Waals surface area contributed by atoms with E-state index >= 15 is 0 Å². The molecule has 0 spiro atoms. The molecule has 0 heterocycles. The molecule has 0 saturated carbocycles. The molecule has 0 aromatic heterocycles. The Labute approximate surface area is 117 Å². The highest BCUT2D eigenvalue weighted by Gasteiger charge is 2.18. The van der Waals surface area contributed by atoms with E-state index in [2.05, 4.69) is 10.6 Å². The molecule has 1 atom stereocenters. The minimum absolute atomic E-state index is 0.379. The van der Waals surface area contributed by atoms with Crippen LogP contribution in [0.2, 0.25) is 5.02 Å². The van der Waals surface area contributed by atoms with E-state index in [0.717, 1.165) is 5.56 Å². The van der Waals surface area contributed by atoms with Crippen LogP contribution in [0.5, 0.6) is 0 Å². The molecule has 104 valence electrons. The number of halogens is 1. The predicted molar refractivity (Wildman–Crippen MR) is 74.7 cm³/mol. The molecular weight excluding hydrogens is 268 g/mol. The fourth-order valence-electron chi connectivity index (χ4n) is 1.58. The maximum absolute atomic E-state index is 11.7. The minimum Gasteiger partial charge on any atom is -0.480 e. The molecule has 0 aliphatic carbocycles. The number of nitrogens with one attached hydrogen (secondary N) is 2. The summed E-state index contributed by atoms with van der Waals surface area (Å²) in [6.07, 6.45) is 1.05. The summed E-state index contributed by atoms with van der Waals surface area (Å²) in [5, 5.41) is 14.3. The van der Waals surface area contributed by atoms with Gasteiger partial charge in [-0.3, -0.25) is 0 Å². The Kier molecular flexibility index (Phi) is 5.63. The van der Waals surface area contributed by atoms with Gasteiger partial charge in [0.05, 0.1) is 10.7 Å². The van der Waals surface area contributed by atoms with Crippen molar-refractivity contribution in [1.29, 1.82) is 0 Å². The molecule has 1 unspecified atom stereocenters. The molecule has 2 amide bonds. The van der Waals surface area contributed by atoms with E-state index < -0.39 is 18.0 Å². The first-order valence-corrected chi connectivity index (χ1v) is 6.38. The van der Waals surface area contributed by atoms with Crippen LogP contribution in [-0.4, -0.2) is 23.1 Å². The number of hydrogen-bond donors (Lipinski definition) is 3. The van der Waals surface area contributed by atoms with Gasteiger partial charge in [0.25, 0.3) is 0 Å². The van der Waals surface area contributed by atoms with Gasteiger partial charge in [0.2, 0.25) is 0 Å². The molecule has 1 rings (SSSR count). The Balaban J connectivity index is 2.66. The Morgan fingerprint density at radius 1 is 1.42 bits per heavy atom. The van der Waals surface area contributed by atoms with Gasteiger partial charge in [-0.05, 0) is 31.0 Å². The summed E-state index contributed by atoms with van der Waals surface area (Å²) in [5.41, 5.74) is 1.43. The van der Waals surface area contributed by atoms with Gasteiger partial charge >= 0.3 is 12.0 Å². The molecule has 6 heteroatoms. The predicted octanol–water partition coefficient (Wildman–Crippen LogP) is 3.02. The molecule has 0 saturated heterocycles. The smallest absolute Gasteiger partial charge is 0.326 e. The zero-order valence-corrected chi connectivity index (χ0v) is 11.6. The second kappa shape index (κ2) is 6.99. The number of carboxylic acids is 1. The monoisotopic (exact) mass is 284 g/mol. The van der Waals surface area contributed by atoms with Crippen molar-refractivity contribution < 1.29 is 14.7 Å². The first kappa shape index (κ1) is 15.3. The first-order chi connectivity index (χ1) is 8.93. The highest BCUT2D eigenvalue weighted by Crippen LogP contribution is 2.22. The Bertz CT molecular complexity index is 477. The van der Waals surface area contributed by atoms with E-state index in [1.54, 1.807) is 12.1 Å². The molecule has 5 nitrogen and oxygen atoms in total. The topological polar surface area (TPSA) is 78.4 Å². The summed E-state index contributed by atoms with van der Waals surface area (Å²) in [6, 6.07) is 3.73. The van der Waals surface area contributed by atoms with Crippen LogP contribution < -0.4 is 10.6 Å². The van der Waals surface area contributed by atoms with Crippen LogP contribution in [0.4, 0.5) is 10.5 Å². The average Bonchev–Trinajstić information content (AvgIpc) is 2.32. The van der Waals surface area contributed by atoms with Crippen molar-refractivity contribution >= 4 is 29.3 Å². The zero-order chi connectivity index (χ0) is 14.4. The number of hydrogen-bond acceptors (Lipinski definition) is 2. The molecule has 3 N–H and O–H groups in total. The number of aryl methyl sites for hydroxylation is 1. The normalized spacial score (nSPS) is 11.7. The van der Waals surface area contributed by atoms with Gasteiger partial charge in [0, 0.05) is 0 Å². The highest BCUT2D eigenvalue weighted by molar-refractivity contribution is 6.33. The van der Waals surface area contributed by atoms with Crippen molar-refractivity contribution in [3.8, 4) is 0 Å². The number of carboxylic acid groups (broad SMARTS) is 1. The van der Waals surface area contributed by atoms with Gasteiger partial charge in [-0.1, -0.05) is 31.0 Å². The molecular formula is C13H17ClN2O3. The first-order valence-electron chi connectivity index (χ1n) is 6.00. The second-order valence-corrected chi connectivity index (χ2v) is 4.67. The van der Waals surface area contributed by atoms with Crippen molar-refractivity contribution in [3.63, 3.8) is 0 Å². The number of carbonyl (C=O) groups is 2. The summed E-state index contributed by atoms with van der Waals surface area (Å²) < 4.78 is 0. The molecule has 0 fully saturated rings. The lowest BCUT2D eigenvalue weighted by Crippen LogP contribution is -2.42. The highest BCUT2D eigenvalue weighted by atomic mass is 35.5. The van der Waals surface area contributed by atoms with Gasteiger partial charge in [-0.25, -0.2) is 9.59 Å². The van der Waals surface area contributed by atoms with Gasteiger partial charge in [-0.15, -0.1) is 0 Å². The molecule has 1 aromatic rings. The van der Waals surface area contributed by atoms with Crippen LogP contribution in [0.3, 0.4) is 0 Å². The number of carbonyl (C=O) groups excluding carboxylic acids is 1. The van der Waals surface area contributed by atoms with E-state index in [1.165, 1.54) is 0 Å². The van der Waals surface area contributed by atoms with Crippen molar-refractivity contribution in [3.05, 3.63) is 28.8 Å². The van der Waals surface area contributed by atoms with Gasteiger partial charge in [-0.2, -0.15) is 0 Å². The number of amides is 2. The van der Waals surface area contributed by atoms with E-state index in [4.69, 9.17) is 16.7 Å². The minimum atomic E-state index is -1.05. The molecule has 19 heavy (non-hydrogen) atoms. The summed E-state index contributed by atoms with van der Waals surface area (Å²) in [4.78, 5) is 22.6.